The van der Waals surface area contributed by atoms with Crippen LogP contribution in [-0.2, 0) is 0 Å². The van der Waals surface area contributed by atoms with E-state index < -0.39 is 17.5 Å². The summed E-state index contributed by atoms with van der Waals surface area (Å²) in [6.07, 6.45) is 1.20. The van der Waals surface area contributed by atoms with Crippen LogP contribution in [0.15, 0.2) is 36.5 Å². The minimum atomic E-state index is -1.58. The van der Waals surface area contributed by atoms with Gasteiger partial charge in [-0.3, -0.25) is 0 Å². The van der Waals surface area contributed by atoms with Gasteiger partial charge in [-0.2, -0.15) is 10.1 Å². The molecule has 0 aliphatic heterocycles. The van der Waals surface area contributed by atoms with Crippen LogP contribution < -0.4 is 20.1 Å². The second-order valence-electron chi connectivity index (χ2n) is 5.20. The number of hydrogen-bond donors (Lipinski definition) is 2. The smallest absolute Gasteiger partial charge is 0.249 e. The van der Waals surface area contributed by atoms with Gasteiger partial charge in [0, 0.05) is 6.07 Å². The molecule has 1 aromatic heterocycles. The maximum atomic E-state index is 13.8. The van der Waals surface area contributed by atoms with Crippen LogP contribution in [0.3, 0.4) is 0 Å². The molecule has 0 saturated heterocycles. The standard InChI is InChI=1S/C17H14F3N5O2/c1-26-9-3-6-13(27-2)12(7-9)23-17-24-14(8-21-25-17)22-11-5-4-10(18)15(19)16(11)20/h3-8H,1-2H3,(H2,22,23,24,25). The van der Waals surface area contributed by atoms with Crippen LogP contribution in [-0.4, -0.2) is 29.4 Å². The van der Waals surface area contributed by atoms with Crippen LogP contribution in [0.2, 0.25) is 0 Å². The van der Waals surface area contributed by atoms with E-state index in [1.807, 2.05) is 0 Å². The molecule has 0 fully saturated rings. The molecule has 0 atom stereocenters. The van der Waals surface area contributed by atoms with Gasteiger partial charge < -0.3 is 20.1 Å². The van der Waals surface area contributed by atoms with Gasteiger partial charge in [0.25, 0.3) is 0 Å². The van der Waals surface area contributed by atoms with Crippen LogP contribution in [0.5, 0.6) is 11.5 Å². The lowest BCUT2D eigenvalue weighted by atomic mass is 10.2. The number of anilines is 4. The number of halogens is 3. The first-order valence-electron chi connectivity index (χ1n) is 7.61. The van der Waals surface area contributed by atoms with Gasteiger partial charge in [-0.1, -0.05) is 0 Å². The Bertz CT molecular complexity index is 971. The average Bonchev–Trinajstić information content (AvgIpc) is 2.68. The van der Waals surface area contributed by atoms with Gasteiger partial charge in [-0.25, -0.2) is 13.2 Å². The van der Waals surface area contributed by atoms with E-state index in [4.69, 9.17) is 9.47 Å². The number of ether oxygens (including phenoxy) is 2. The largest absolute Gasteiger partial charge is 0.497 e. The molecule has 3 aromatic rings. The maximum absolute atomic E-state index is 13.8. The predicted octanol–water partition coefficient (Wildman–Crippen LogP) is 3.79. The third-order valence-electron chi connectivity index (χ3n) is 3.51. The lowest BCUT2D eigenvalue weighted by molar-refractivity contribution is 0.405. The summed E-state index contributed by atoms with van der Waals surface area (Å²) >= 11 is 0. The maximum Gasteiger partial charge on any atom is 0.249 e. The van der Waals surface area contributed by atoms with Crippen molar-refractivity contribution in [2.75, 3.05) is 24.9 Å². The van der Waals surface area contributed by atoms with E-state index in [9.17, 15) is 13.2 Å². The van der Waals surface area contributed by atoms with E-state index in [2.05, 4.69) is 25.8 Å². The van der Waals surface area contributed by atoms with Crippen LogP contribution >= 0.6 is 0 Å². The molecule has 0 radical (unpaired) electrons. The van der Waals surface area contributed by atoms with Gasteiger partial charge in [0.15, 0.2) is 23.3 Å². The number of nitrogens with one attached hydrogen (secondary N) is 2. The first-order chi connectivity index (χ1) is 13.0. The minimum Gasteiger partial charge on any atom is -0.497 e. The SMILES string of the molecule is COc1ccc(OC)c(Nc2nncc(Nc3ccc(F)c(F)c3F)n2)c1. The predicted molar refractivity (Wildman–Crippen MR) is 92.3 cm³/mol. The molecule has 2 aromatic carbocycles. The molecule has 0 aliphatic rings. The normalized spacial score (nSPS) is 10.4. The Hall–Kier alpha value is -3.56. The highest BCUT2D eigenvalue weighted by Gasteiger charge is 2.14. The lowest BCUT2D eigenvalue weighted by Gasteiger charge is -2.12. The zero-order valence-electron chi connectivity index (χ0n) is 14.3. The van der Waals surface area contributed by atoms with Crippen molar-refractivity contribution in [2.24, 2.45) is 0 Å². The van der Waals surface area contributed by atoms with E-state index in [0.29, 0.717) is 17.2 Å². The second-order valence-corrected chi connectivity index (χ2v) is 5.20. The number of methoxy groups -OCH3 is 2. The molecule has 0 amide bonds. The summed E-state index contributed by atoms with van der Waals surface area (Å²) in [6.45, 7) is 0. The molecule has 0 saturated carbocycles. The van der Waals surface area contributed by atoms with Crippen LogP contribution in [0, 0.1) is 17.5 Å². The number of rotatable bonds is 6. The number of aromatic nitrogens is 3. The molecule has 7 nitrogen and oxygen atoms in total. The number of hydrogen-bond acceptors (Lipinski definition) is 7. The van der Waals surface area contributed by atoms with E-state index in [1.54, 1.807) is 18.2 Å². The Morgan fingerprint density at radius 2 is 1.70 bits per heavy atom. The summed E-state index contributed by atoms with van der Waals surface area (Å²) in [5.74, 6) is -3.02. The zero-order chi connectivity index (χ0) is 19.4. The summed E-state index contributed by atoms with van der Waals surface area (Å²) in [6, 6.07) is 6.92. The van der Waals surface area contributed by atoms with E-state index in [-0.39, 0.29) is 17.5 Å². The Morgan fingerprint density at radius 3 is 2.44 bits per heavy atom. The highest BCUT2D eigenvalue weighted by Crippen LogP contribution is 2.31. The van der Waals surface area contributed by atoms with Crippen LogP contribution in [0.4, 0.5) is 36.3 Å². The molecule has 140 valence electrons. The van der Waals surface area contributed by atoms with Crippen molar-refractivity contribution in [1.29, 1.82) is 0 Å². The van der Waals surface area contributed by atoms with Crippen LogP contribution in [0.1, 0.15) is 0 Å². The molecule has 2 N–H and O–H groups in total. The molecule has 10 heteroatoms. The zero-order valence-corrected chi connectivity index (χ0v) is 14.3. The highest BCUT2D eigenvalue weighted by molar-refractivity contribution is 5.66. The van der Waals surface area contributed by atoms with Gasteiger partial charge in [-0.15, -0.1) is 5.10 Å². The van der Waals surface area contributed by atoms with Crippen molar-refractivity contribution in [3.8, 4) is 11.5 Å². The first-order valence-corrected chi connectivity index (χ1v) is 7.61. The van der Waals surface area contributed by atoms with Crippen LogP contribution in [0.25, 0.3) is 0 Å². The lowest BCUT2D eigenvalue weighted by Crippen LogP contribution is -2.05. The fraction of sp³-hybridized carbons (Fsp3) is 0.118. The van der Waals surface area contributed by atoms with Gasteiger partial charge in [0.2, 0.25) is 5.95 Å². The molecular weight excluding hydrogens is 363 g/mol. The van der Waals surface area contributed by atoms with Crippen molar-refractivity contribution in [3.63, 3.8) is 0 Å². The average molecular weight is 377 g/mol. The molecule has 0 spiro atoms. The fourth-order valence-corrected chi connectivity index (χ4v) is 2.21. The number of benzene rings is 2. The first kappa shape index (κ1) is 18.2. The van der Waals surface area contributed by atoms with Crippen molar-refractivity contribution in [2.45, 2.75) is 0 Å². The number of nitrogens with zero attached hydrogens (tertiary/aromatic N) is 3. The minimum absolute atomic E-state index is 0.0644. The molecule has 1 heterocycles. The summed E-state index contributed by atoms with van der Waals surface area (Å²) in [5, 5.41) is 13.0. The quantitative estimate of drug-likeness (QED) is 0.633. The molecule has 27 heavy (non-hydrogen) atoms. The molecular formula is C17H14F3N5O2. The third kappa shape index (κ3) is 4.00. The van der Waals surface area contributed by atoms with Gasteiger partial charge in [0.1, 0.15) is 11.5 Å². The summed E-state index contributed by atoms with van der Waals surface area (Å²) in [7, 11) is 3.01. The highest BCUT2D eigenvalue weighted by atomic mass is 19.2. The monoisotopic (exact) mass is 377 g/mol. The molecule has 0 unspecified atom stereocenters. The van der Waals surface area contributed by atoms with Gasteiger partial charge in [0.05, 0.1) is 31.8 Å². The molecule has 3 rings (SSSR count). The van der Waals surface area contributed by atoms with Crippen molar-refractivity contribution >= 4 is 23.1 Å². The molecule has 0 bridgehead atoms. The Kier molecular flexibility index (Phi) is 5.25. The van der Waals surface area contributed by atoms with E-state index in [0.717, 1.165) is 12.1 Å². The van der Waals surface area contributed by atoms with Crippen molar-refractivity contribution < 1.29 is 22.6 Å². The Labute approximate surface area is 152 Å². The van der Waals surface area contributed by atoms with Gasteiger partial charge in [-0.05, 0) is 24.3 Å². The van der Waals surface area contributed by atoms with E-state index >= 15 is 0 Å². The third-order valence-corrected chi connectivity index (χ3v) is 3.51. The van der Waals surface area contributed by atoms with Gasteiger partial charge >= 0.3 is 0 Å². The second kappa shape index (κ2) is 7.77. The topological polar surface area (TPSA) is 81.2 Å². The Balaban J connectivity index is 1.86. The van der Waals surface area contributed by atoms with Crippen molar-refractivity contribution in [3.05, 3.63) is 54.0 Å². The fourth-order valence-electron chi connectivity index (χ4n) is 2.21. The van der Waals surface area contributed by atoms with Crippen molar-refractivity contribution in [1.82, 2.24) is 15.2 Å². The Morgan fingerprint density at radius 1 is 0.889 bits per heavy atom. The summed E-state index contributed by atoms with van der Waals surface area (Å²) in [5.41, 5.74) is 0.217. The van der Waals surface area contributed by atoms with E-state index in [1.165, 1.54) is 20.4 Å². The summed E-state index contributed by atoms with van der Waals surface area (Å²) in [4.78, 5) is 4.11. The summed E-state index contributed by atoms with van der Waals surface area (Å²) < 4.78 is 50.6. The molecule has 0 aliphatic carbocycles.